The van der Waals surface area contributed by atoms with Gasteiger partial charge in [0.15, 0.2) is 5.43 Å². The van der Waals surface area contributed by atoms with Gasteiger partial charge in [-0.05, 0) is 41.5 Å². The van der Waals surface area contributed by atoms with Crippen molar-refractivity contribution in [1.29, 1.82) is 0 Å². The number of nitrogens with zero attached hydrogens (tertiary/aromatic N) is 1. The van der Waals surface area contributed by atoms with Crippen LogP contribution >= 0.6 is 11.6 Å². The number of aromatic carboxylic acids is 1. The summed E-state index contributed by atoms with van der Waals surface area (Å²) < 4.78 is 5.57. The number of aromatic amines is 1. The van der Waals surface area contributed by atoms with Gasteiger partial charge in [-0.25, -0.2) is 9.78 Å². The van der Waals surface area contributed by atoms with Gasteiger partial charge in [0.1, 0.15) is 12.0 Å². The molecule has 2 N–H and O–H groups in total. The van der Waals surface area contributed by atoms with Gasteiger partial charge >= 0.3 is 5.97 Å². The van der Waals surface area contributed by atoms with Crippen LogP contribution in [0.1, 0.15) is 33.0 Å². The van der Waals surface area contributed by atoms with Gasteiger partial charge in [0.2, 0.25) is 5.89 Å². The lowest BCUT2D eigenvalue weighted by Crippen LogP contribution is -2.19. The number of H-pyrrole nitrogens is 1. The number of oxazole rings is 1. The van der Waals surface area contributed by atoms with Crippen molar-refractivity contribution in [2.45, 2.75) is 5.92 Å². The molecular formula is C26H17ClN2O4. The highest BCUT2D eigenvalue weighted by molar-refractivity contribution is 6.31. The SMILES string of the molecule is O=C(O)c1ccc(C(c2ccccc2)c2c(-c3ncco3)[nH]c3cc(Cl)ccc3c2=O)cc1. The number of pyridine rings is 1. The molecule has 33 heavy (non-hydrogen) atoms. The Morgan fingerprint density at radius 1 is 1.00 bits per heavy atom. The van der Waals surface area contributed by atoms with Crippen LogP contribution in [-0.2, 0) is 0 Å². The maximum Gasteiger partial charge on any atom is 0.335 e. The fourth-order valence-corrected chi connectivity index (χ4v) is 4.23. The monoisotopic (exact) mass is 456 g/mol. The number of benzene rings is 3. The summed E-state index contributed by atoms with van der Waals surface area (Å²) in [6.07, 6.45) is 2.96. The molecule has 1 unspecified atom stereocenters. The molecule has 3 aromatic carbocycles. The molecule has 0 saturated carbocycles. The van der Waals surface area contributed by atoms with Gasteiger partial charge in [0.25, 0.3) is 0 Å². The smallest absolute Gasteiger partial charge is 0.335 e. The van der Waals surface area contributed by atoms with E-state index in [0.29, 0.717) is 27.2 Å². The number of carbonyl (C=O) groups is 1. The molecule has 6 nitrogen and oxygen atoms in total. The summed E-state index contributed by atoms with van der Waals surface area (Å²) in [6, 6.07) is 21.1. The zero-order valence-corrected chi connectivity index (χ0v) is 17.9. The number of carboxylic acids is 1. The predicted molar refractivity (Wildman–Crippen MR) is 126 cm³/mol. The first-order valence-corrected chi connectivity index (χ1v) is 10.5. The summed E-state index contributed by atoms with van der Waals surface area (Å²) in [5, 5.41) is 10.3. The molecule has 0 aliphatic heterocycles. The van der Waals surface area contributed by atoms with Crippen LogP contribution in [0.4, 0.5) is 0 Å². The van der Waals surface area contributed by atoms with E-state index < -0.39 is 11.9 Å². The van der Waals surface area contributed by atoms with Crippen LogP contribution in [0.3, 0.4) is 0 Å². The van der Waals surface area contributed by atoms with Crippen molar-refractivity contribution in [3.05, 3.63) is 123 Å². The van der Waals surface area contributed by atoms with Crippen LogP contribution in [-0.4, -0.2) is 21.0 Å². The third-order valence-corrected chi connectivity index (χ3v) is 5.79. The first kappa shape index (κ1) is 20.7. The standard InChI is InChI=1S/C26H17ClN2O4/c27-18-10-11-19-20(14-18)29-23(25-28-12-13-33-25)22(24(19)30)21(15-4-2-1-3-5-15)16-6-8-17(9-7-16)26(31)32/h1-14,21H,(H,29,30)(H,31,32). The summed E-state index contributed by atoms with van der Waals surface area (Å²) in [7, 11) is 0. The molecule has 2 heterocycles. The van der Waals surface area contributed by atoms with E-state index in [0.717, 1.165) is 11.1 Å². The minimum Gasteiger partial charge on any atom is -0.478 e. The Kier molecular flexibility index (Phi) is 5.28. The number of fused-ring (bicyclic) bond motifs is 1. The molecule has 0 saturated heterocycles. The fraction of sp³-hybridized carbons (Fsp3) is 0.0385. The molecule has 0 spiro atoms. The fourth-order valence-electron chi connectivity index (χ4n) is 4.06. The molecule has 162 valence electrons. The molecule has 0 aliphatic carbocycles. The Labute approximate surface area is 193 Å². The van der Waals surface area contributed by atoms with Gasteiger partial charge in [-0.1, -0.05) is 54.1 Å². The molecule has 0 fully saturated rings. The first-order chi connectivity index (χ1) is 16.0. The van der Waals surface area contributed by atoms with E-state index in [1.54, 1.807) is 30.3 Å². The van der Waals surface area contributed by atoms with Crippen LogP contribution in [0, 0.1) is 0 Å². The molecule has 5 aromatic rings. The molecular weight excluding hydrogens is 440 g/mol. The Bertz CT molecular complexity index is 1510. The number of halogens is 1. The number of hydrogen-bond acceptors (Lipinski definition) is 4. The molecule has 0 amide bonds. The summed E-state index contributed by atoms with van der Waals surface area (Å²) in [5.41, 5.74) is 3.06. The van der Waals surface area contributed by atoms with E-state index in [2.05, 4.69) is 9.97 Å². The summed E-state index contributed by atoms with van der Waals surface area (Å²) in [4.78, 5) is 32.8. The molecule has 5 rings (SSSR count). The second kappa shape index (κ2) is 8.41. The zero-order valence-electron chi connectivity index (χ0n) is 17.2. The molecule has 2 aromatic heterocycles. The summed E-state index contributed by atoms with van der Waals surface area (Å²) in [6.45, 7) is 0. The van der Waals surface area contributed by atoms with E-state index in [9.17, 15) is 14.7 Å². The highest BCUT2D eigenvalue weighted by Crippen LogP contribution is 2.36. The Morgan fingerprint density at radius 3 is 2.39 bits per heavy atom. The van der Waals surface area contributed by atoms with Crippen molar-refractivity contribution in [2.24, 2.45) is 0 Å². The Balaban J connectivity index is 1.85. The van der Waals surface area contributed by atoms with E-state index in [4.69, 9.17) is 16.0 Å². The van der Waals surface area contributed by atoms with Gasteiger partial charge in [0, 0.05) is 21.9 Å². The van der Waals surface area contributed by atoms with Crippen molar-refractivity contribution in [3.8, 4) is 11.6 Å². The largest absolute Gasteiger partial charge is 0.478 e. The Hall–Kier alpha value is -4.16. The summed E-state index contributed by atoms with van der Waals surface area (Å²) >= 11 is 6.17. The van der Waals surface area contributed by atoms with Crippen molar-refractivity contribution >= 4 is 28.5 Å². The topological polar surface area (TPSA) is 96.2 Å². The van der Waals surface area contributed by atoms with Gasteiger partial charge in [-0.15, -0.1) is 0 Å². The highest BCUT2D eigenvalue weighted by Gasteiger charge is 2.27. The number of hydrogen-bond donors (Lipinski definition) is 2. The van der Waals surface area contributed by atoms with E-state index in [1.165, 1.54) is 24.6 Å². The van der Waals surface area contributed by atoms with Crippen LogP contribution in [0.25, 0.3) is 22.5 Å². The molecule has 0 bridgehead atoms. The minimum atomic E-state index is -1.02. The van der Waals surface area contributed by atoms with Crippen molar-refractivity contribution < 1.29 is 14.3 Å². The van der Waals surface area contributed by atoms with E-state index in [1.807, 2.05) is 30.3 Å². The summed E-state index contributed by atoms with van der Waals surface area (Å²) in [5.74, 6) is -1.24. The zero-order chi connectivity index (χ0) is 22.9. The maximum absolute atomic E-state index is 13.9. The molecule has 1 atom stereocenters. The Morgan fingerprint density at radius 2 is 1.73 bits per heavy atom. The average molecular weight is 457 g/mol. The quantitative estimate of drug-likeness (QED) is 0.353. The van der Waals surface area contributed by atoms with Crippen LogP contribution in [0.5, 0.6) is 0 Å². The van der Waals surface area contributed by atoms with Crippen molar-refractivity contribution in [2.75, 3.05) is 0 Å². The third kappa shape index (κ3) is 3.81. The van der Waals surface area contributed by atoms with Crippen molar-refractivity contribution in [1.82, 2.24) is 9.97 Å². The number of carboxylic acid groups (broad SMARTS) is 1. The molecule has 7 heteroatoms. The average Bonchev–Trinajstić information content (AvgIpc) is 3.36. The molecule has 0 radical (unpaired) electrons. The number of nitrogens with one attached hydrogen (secondary N) is 1. The van der Waals surface area contributed by atoms with Gasteiger partial charge < -0.3 is 14.5 Å². The highest BCUT2D eigenvalue weighted by atomic mass is 35.5. The van der Waals surface area contributed by atoms with Crippen LogP contribution < -0.4 is 5.43 Å². The van der Waals surface area contributed by atoms with Gasteiger partial charge in [-0.3, -0.25) is 4.79 Å². The van der Waals surface area contributed by atoms with Crippen LogP contribution in [0.15, 0.2) is 94.5 Å². The molecule has 0 aliphatic rings. The predicted octanol–water partition coefficient (Wildman–Crippen LogP) is 5.71. The van der Waals surface area contributed by atoms with Gasteiger partial charge in [0.05, 0.1) is 17.3 Å². The second-order valence-corrected chi connectivity index (χ2v) is 7.98. The third-order valence-electron chi connectivity index (χ3n) is 5.56. The lowest BCUT2D eigenvalue weighted by Gasteiger charge is -2.21. The van der Waals surface area contributed by atoms with Crippen molar-refractivity contribution in [3.63, 3.8) is 0 Å². The van der Waals surface area contributed by atoms with Gasteiger partial charge in [-0.2, -0.15) is 0 Å². The van der Waals surface area contributed by atoms with Crippen LogP contribution in [0.2, 0.25) is 5.02 Å². The van der Waals surface area contributed by atoms with E-state index in [-0.39, 0.29) is 16.9 Å². The van der Waals surface area contributed by atoms with E-state index >= 15 is 0 Å². The number of aromatic nitrogens is 2. The normalized spacial score (nSPS) is 12.0. The number of rotatable bonds is 5. The maximum atomic E-state index is 13.9. The lowest BCUT2D eigenvalue weighted by molar-refractivity contribution is 0.0697. The second-order valence-electron chi connectivity index (χ2n) is 7.54. The first-order valence-electron chi connectivity index (χ1n) is 10.2. The lowest BCUT2D eigenvalue weighted by atomic mass is 9.83. The minimum absolute atomic E-state index is 0.167.